The Morgan fingerprint density at radius 1 is 1.08 bits per heavy atom. The van der Waals surface area contributed by atoms with Crippen molar-refractivity contribution >= 4 is 34.0 Å². The van der Waals surface area contributed by atoms with Crippen LogP contribution >= 0.6 is 15.9 Å². The molecule has 2 bridgehead atoms. The third-order valence-electron chi connectivity index (χ3n) is 5.25. The molecular weight excluding hydrogens is 376 g/mol. The van der Waals surface area contributed by atoms with E-state index < -0.39 is 0 Å². The normalized spacial score (nSPS) is 32.5. The van der Waals surface area contributed by atoms with E-state index in [-0.39, 0.29) is 42.3 Å². The Morgan fingerprint density at radius 2 is 1.71 bits per heavy atom. The maximum Gasteiger partial charge on any atom is 0.254 e. The van der Waals surface area contributed by atoms with Crippen LogP contribution in [0.3, 0.4) is 0 Å². The molecule has 6 nitrogen and oxygen atoms in total. The first-order chi connectivity index (χ1) is 11.6. The van der Waals surface area contributed by atoms with Gasteiger partial charge in [0, 0.05) is 10.0 Å². The quantitative estimate of drug-likeness (QED) is 0.442. The summed E-state index contributed by atoms with van der Waals surface area (Å²) in [6, 6.07) is 3.56. The lowest BCUT2D eigenvalue weighted by molar-refractivity contribution is -0.140. The van der Waals surface area contributed by atoms with Crippen LogP contribution < -0.4 is 9.47 Å². The number of carbonyl (C=O) groups excluding carboxylic acids is 2. The Morgan fingerprint density at radius 3 is 2.38 bits per heavy atom. The first-order valence-electron chi connectivity index (χ1n) is 7.83. The van der Waals surface area contributed by atoms with Crippen LogP contribution in [0.2, 0.25) is 0 Å². The fraction of sp³-hybridized carbons (Fsp3) is 0.353. The van der Waals surface area contributed by atoms with Crippen LogP contribution in [0.15, 0.2) is 33.9 Å². The van der Waals surface area contributed by atoms with Gasteiger partial charge < -0.3 is 9.47 Å². The average molecular weight is 389 g/mol. The van der Waals surface area contributed by atoms with E-state index in [0.717, 1.165) is 21.5 Å². The SMILES string of the molecule is O=C1[C@H]2[C@H](C(=O)N1/N=C\c1cc3c(cc1Br)OCO3)[C@H]1C=C[C@H]2C1. The second-order valence-electron chi connectivity index (χ2n) is 6.46. The molecule has 5 rings (SSSR count). The van der Waals surface area contributed by atoms with E-state index in [9.17, 15) is 9.59 Å². The molecule has 2 fully saturated rings. The Bertz CT molecular complexity index is 804. The number of allylic oxidation sites excluding steroid dienone is 2. The highest BCUT2D eigenvalue weighted by atomic mass is 79.9. The van der Waals surface area contributed by atoms with Gasteiger partial charge >= 0.3 is 0 Å². The van der Waals surface area contributed by atoms with Crippen LogP contribution in [-0.2, 0) is 9.59 Å². The first kappa shape index (κ1) is 14.2. The van der Waals surface area contributed by atoms with Gasteiger partial charge in [-0.15, -0.1) is 0 Å². The Labute approximate surface area is 146 Å². The minimum atomic E-state index is -0.232. The van der Waals surface area contributed by atoms with E-state index in [2.05, 4.69) is 33.2 Å². The summed E-state index contributed by atoms with van der Waals surface area (Å²) in [6.45, 7) is 0.185. The summed E-state index contributed by atoms with van der Waals surface area (Å²) in [5.74, 6) is 0.824. The predicted molar refractivity (Wildman–Crippen MR) is 87.4 cm³/mol. The van der Waals surface area contributed by atoms with Gasteiger partial charge in [0.2, 0.25) is 6.79 Å². The number of halogens is 1. The fourth-order valence-electron chi connectivity index (χ4n) is 4.15. The molecule has 0 unspecified atom stereocenters. The molecule has 0 N–H and O–H groups in total. The largest absolute Gasteiger partial charge is 0.454 e. The van der Waals surface area contributed by atoms with Gasteiger partial charge in [-0.2, -0.15) is 10.1 Å². The number of imide groups is 1. The highest BCUT2D eigenvalue weighted by molar-refractivity contribution is 9.10. The molecule has 7 heteroatoms. The number of hydrogen-bond donors (Lipinski definition) is 0. The van der Waals surface area contributed by atoms with E-state index in [4.69, 9.17) is 9.47 Å². The molecule has 24 heavy (non-hydrogen) atoms. The molecule has 0 aromatic heterocycles. The Kier molecular flexibility index (Phi) is 2.92. The van der Waals surface area contributed by atoms with Crippen molar-refractivity contribution < 1.29 is 19.1 Å². The molecular formula is C17H13BrN2O4. The molecule has 2 aliphatic carbocycles. The molecule has 1 saturated carbocycles. The van der Waals surface area contributed by atoms with Gasteiger partial charge in [0.15, 0.2) is 11.5 Å². The number of rotatable bonds is 2. The van der Waals surface area contributed by atoms with Gasteiger partial charge in [-0.25, -0.2) is 0 Å². The lowest BCUT2D eigenvalue weighted by atomic mass is 9.85. The standard InChI is InChI=1S/C17H13BrN2O4/c18-11-5-13-12(23-7-24-13)4-10(11)6-19-20-16(21)14-8-1-2-9(3-8)15(14)17(20)22/h1-2,4-6,8-9,14-15H,3,7H2/b19-6-/t8-,9-,14+,15+/m0/s1. The van der Waals surface area contributed by atoms with E-state index in [1.165, 1.54) is 6.21 Å². The number of hydrogen-bond acceptors (Lipinski definition) is 5. The third kappa shape index (κ3) is 1.84. The van der Waals surface area contributed by atoms with Crippen molar-refractivity contribution in [1.29, 1.82) is 0 Å². The number of nitrogens with zero attached hydrogens (tertiary/aromatic N) is 2. The van der Waals surface area contributed by atoms with E-state index in [1.807, 2.05) is 0 Å². The summed E-state index contributed by atoms with van der Waals surface area (Å²) in [5, 5.41) is 5.22. The number of carbonyl (C=O) groups is 2. The first-order valence-corrected chi connectivity index (χ1v) is 8.62. The topological polar surface area (TPSA) is 68.2 Å². The molecule has 122 valence electrons. The summed E-state index contributed by atoms with van der Waals surface area (Å²) < 4.78 is 11.4. The number of amides is 2. The minimum absolute atomic E-state index is 0.185. The third-order valence-corrected chi connectivity index (χ3v) is 5.94. The molecule has 4 aliphatic rings. The highest BCUT2D eigenvalue weighted by Crippen LogP contribution is 2.52. The number of fused-ring (bicyclic) bond motifs is 6. The summed E-state index contributed by atoms with van der Waals surface area (Å²) in [5.41, 5.74) is 0.720. The minimum Gasteiger partial charge on any atom is -0.454 e. The summed E-state index contributed by atoms with van der Waals surface area (Å²) in [4.78, 5) is 25.2. The van der Waals surface area contributed by atoms with Crippen LogP contribution in [0.1, 0.15) is 12.0 Å². The highest BCUT2D eigenvalue weighted by Gasteiger charge is 2.59. The maximum atomic E-state index is 12.6. The van der Waals surface area contributed by atoms with Gasteiger partial charge in [0.25, 0.3) is 11.8 Å². The van der Waals surface area contributed by atoms with Gasteiger partial charge in [0.05, 0.1) is 18.1 Å². The average Bonchev–Trinajstić information content (AvgIpc) is 3.31. The number of ether oxygens (including phenoxy) is 2. The molecule has 0 spiro atoms. The zero-order chi connectivity index (χ0) is 16.4. The fourth-order valence-corrected chi connectivity index (χ4v) is 4.58. The Balaban J connectivity index is 1.44. The zero-order valence-corrected chi connectivity index (χ0v) is 14.1. The van der Waals surface area contributed by atoms with Gasteiger partial charge in [-0.05, 0) is 46.3 Å². The lowest BCUT2D eigenvalue weighted by Crippen LogP contribution is -2.28. The predicted octanol–water partition coefficient (Wildman–Crippen LogP) is 2.32. The van der Waals surface area contributed by atoms with Gasteiger partial charge in [-0.3, -0.25) is 9.59 Å². The van der Waals surface area contributed by atoms with Crippen LogP contribution in [-0.4, -0.2) is 29.8 Å². The smallest absolute Gasteiger partial charge is 0.254 e. The van der Waals surface area contributed by atoms with Crippen molar-refractivity contribution in [2.45, 2.75) is 6.42 Å². The van der Waals surface area contributed by atoms with Crippen LogP contribution in [0.5, 0.6) is 11.5 Å². The van der Waals surface area contributed by atoms with Crippen molar-refractivity contribution in [2.75, 3.05) is 6.79 Å². The molecule has 1 aromatic rings. The summed E-state index contributed by atoms with van der Waals surface area (Å²) in [6.07, 6.45) is 6.56. The molecule has 2 amide bonds. The Hall–Kier alpha value is -2.15. The van der Waals surface area contributed by atoms with Crippen LogP contribution in [0.25, 0.3) is 0 Å². The van der Waals surface area contributed by atoms with Gasteiger partial charge in [0.1, 0.15) is 0 Å². The summed E-state index contributed by atoms with van der Waals surface area (Å²) >= 11 is 3.44. The zero-order valence-electron chi connectivity index (χ0n) is 12.5. The molecule has 2 aliphatic heterocycles. The van der Waals surface area contributed by atoms with Crippen LogP contribution in [0.4, 0.5) is 0 Å². The van der Waals surface area contributed by atoms with Crippen molar-refractivity contribution in [3.63, 3.8) is 0 Å². The van der Waals surface area contributed by atoms with E-state index >= 15 is 0 Å². The molecule has 0 radical (unpaired) electrons. The van der Waals surface area contributed by atoms with E-state index in [1.54, 1.807) is 12.1 Å². The molecule has 2 heterocycles. The second-order valence-corrected chi connectivity index (χ2v) is 7.31. The number of hydrazone groups is 1. The van der Waals surface area contributed by atoms with Gasteiger partial charge in [-0.1, -0.05) is 12.2 Å². The van der Waals surface area contributed by atoms with Crippen molar-refractivity contribution in [3.8, 4) is 11.5 Å². The lowest BCUT2D eigenvalue weighted by Gasteiger charge is -2.13. The maximum absolute atomic E-state index is 12.6. The van der Waals surface area contributed by atoms with Crippen molar-refractivity contribution in [1.82, 2.24) is 5.01 Å². The van der Waals surface area contributed by atoms with Crippen molar-refractivity contribution in [2.24, 2.45) is 28.8 Å². The molecule has 1 aromatic carbocycles. The van der Waals surface area contributed by atoms with E-state index in [0.29, 0.717) is 11.5 Å². The van der Waals surface area contributed by atoms with Crippen molar-refractivity contribution in [3.05, 3.63) is 34.3 Å². The monoisotopic (exact) mass is 388 g/mol. The molecule has 1 saturated heterocycles. The number of benzene rings is 1. The van der Waals surface area contributed by atoms with Crippen LogP contribution in [0, 0.1) is 23.7 Å². The summed E-state index contributed by atoms with van der Waals surface area (Å²) in [7, 11) is 0. The second kappa shape index (κ2) is 4.92. The molecule has 4 atom stereocenters.